The van der Waals surface area contributed by atoms with Gasteiger partial charge in [-0.2, -0.15) is 5.26 Å². The number of ether oxygens (including phenoxy) is 1. The molecule has 0 spiro atoms. The summed E-state index contributed by atoms with van der Waals surface area (Å²) in [6, 6.07) is 14.0. The largest absolute Gasteiger partial charge is 0.490 e. The normalized spacial score (nSPS) is 19.7. The fourth-order valence-electron chi connectivity index (χ4n) is 3.47. The Morgan fingerprint density at radius 2 is 1.76 bits per heavy atom. The topological polar surface area (TPSA) is 79.2 Å². The standard InChI is InChI=1S/C22H25ClN2O3S/c1-15(2)16-4-11-21(12-5-16)29(26,27)25-18-6-9-19(10-7-18)28-20-8-3-17(14-24)22(23)13-20/h3-5,8,11-13,15,18-19,25H,6-7,9-10H2,1-2H3. The molecule has 0 aromatic heterocycles. The molecule has 2 aromatic carbocycles. The molecule has 0 radical (unpaired) electrons. The Morgan fingerprint density at radius 1 is 1.10 bits per heavy atom. The molecule has 1 fully saturated rings. The molecule has 29 heavy (non-hydrogen) atoms. The number of halogens is 1. The fourth-order valence-corrected chi connectivity index (χ4v) is 4.99. The van der Waals surface area contributed by atoms with Gasteiger partial charge >= 0.3 is 0 Å². The zero-order chi connectivity index (χ0) is 21.0. The number of sulfonamides is 1. The smallest absolute Gasteiger partial charge is 0.240 e. The summed E-state index contributed by atoms with van der Waals surface area (Å²) < 4.78 is 34.1. The van der Waals surface area contributed by atoms with Gasteiger partial charge in [0.05, 0.1) is 21.6 Å². The van der Waals surface area contributed by atoms with E-state index < -0.39 is 10.0 Å². The summed E-state index contributed by atoms with van der Waals surface area (Å²) in [5.41, 5.74) is 1.53. The van der Waals surface area contributed by atoms with Crippen molar-refractivity contribution in [1.29, 1.82) is 5.26 Å². The maximum Gasteiger partial charge on any atom is 0.240 e. The summed E-state index contributed by atoms with van der Waals surface area (Å²) in [6.07, 6.45) is 2.91. The number of rotatable bonds is 6. The quantitative estimate of drug-likeness (QED) is 0.696. The van der Waals surface area contributed by atoms with Crippen molar-refractivity contribution in [2.24, 2.45) is 0 Å². The second kappa shape index (κ2) is 9.17. The van der Waals surface area contributed by atoms with Crippen LogP contribution in [-0.4, -0.2) is 20.6 Å². The number of nitrogens with zero attached hydrogens (tertiary/aromatic N) is 1. The van der Waals surface area contributed by atoms with Gasteiger partial charge in [0, 0.05) is 12.1 Å². The second-order valence-corrected chi connectivity index (χ2v) is 9.81. The van der Waals surface area contributed by atoms with Crippen LogP contribution in [0.3, 0.4) is 0 Å². The van der Waals surface area contributed by atoms with E-state index in [0.717, 1.165) is 18.4 Å². The Bertz CT molecular complexity index is 990. The summed E-state index contributed by atoms with van der Waals surface area (Å²) in [5.74, 6) is 0.990. The van der Waals surface area contributed by atoms with Gasteiger partial charge in [-0.15, -0.1) is 0 Å². The lowest BCUT2D eigenvalue weighted by Gasteiger charge is -2.29. The highest BCUT2D eigenvalue weighted by molar-refractivity contribution is 7.89. The van der Waals surface area contributed by atoms with E-state index in [0.29, 0.717) is 40.0 Å². The lowest BCUT2D eigenvalue weighted by atomic mass is 9.93. The minimum Gasteiger partial charge on any atom is -0.490 e. The molecule has 0 atom stereocenters. The maximum atomic E-state index is 12.7. The van der Waals surface area contributed by atoms with E-state index >= 15 is 0 Å². The minimum atomic E-state index is -3.53. The second-order valence-electron chi connectivity index (χ2n) is 7.69. The zero-order valence-corrected chi connectivity index (χ0v) is 18.1. The first-order valence-corrected chi connectivity index (χ1v) is 11.6. The van der Waals surface area contributed by atoms with Crippen LogP contribution in [0.1, 0.15) is 56.6 Å². The highest BCUT2D eigenvalue weighted by Gasteiger charge is 2.26. The summed E-state index contributed by atoms with van der Waals surface area (Å²) in [7, 11) is -3.53. The van der Waals surface area contributed by atoms with Crippen LogP contribution in [0, 0.1) is 11.3 Å². The summed E-state index contributed by atoms with van der Waals surface area (Å²) >= 11 is 6.05. The van der Waals surface area contributed by atoms with Gasteiger partial charge in [0.1, 0.15) is 11.8 Å². The van der Waals surface area contributed by atoms with Crippen molar-refractivity contribution < 1.29 is 13.2 Å². The van der Waals surface area contributed by atoms with Crippen molar-refractivity contribution in [2.45, 2.75) is 62.5 Å². The van der Waals surface area contributed by atoms with E-state index in [-0.39, 0.29) is 12.1 Å². The highest BCUT2D eigenvalue weighted by atomic mass is 35.5. The van der Waals surface area contributed by atoms with Crippen molar-refractivity contribution in [3.8, 4) is 11.8 Å². The molecule has 0 heterocycles. The van der Waals surface area contributed by atoms with E-state index in [1.165, 1.54) is 0 Å². The first-order valence-electron chi connectivity index (χ1n) is 9.77. The number of hydrogen-bond acceptors (Lipinski definition) is 4. The van der Waals surface area contributed by atoms with Gasteiger partial charge in [0.15, 0.2) is 0 Å². The molecule has 7 heteroatoms. The lowest BCUT2D eigenvalue weighted by Crippen LogP contribution is -2.39. The average Bonchev–Trinajstić information content (AvgIpc) is 2.69. The predicted molar refractivity (Wildman–Crippen MR) is 114 cm³/mol. The molecule has 3 rings (SSSR count). The monoisotopic (exact) mass is 432 g/mol. The first-order chi connectivity index (χ1) is 13.8. The van der Waals surface area contributed by atoms with Gasteiger partial charge < -0.3 is 4.74 Å². The molecule has 2 aromatic rings. The highest BCUT2D eigenvalue weighted by Crippen LogP contribution is 2.28. The van der Waals surface area contributed by atoms with Gasteiger partial charge in [-0.1, -0.05) is 37.6 Å². The van der Waals surface area contributed by atoms with Crippen LogP contribution in [0.5, 0.6) is 5.75 Å². The number of nitrogens with one attached hydrogen (secondary N) is 1. The van der Waals surface area contributed by atoms with Crippen LogP contribution in [-0.2, 0) is 10.0 Å². The number of benzene rings is 2. The van der Waals surface area contributed by atoms with Gasteiger partial charge in [0.25, 0.3) is 0 Å². The molecule has 0 unspecified atom stereocenters. The molecule has 1 aliphatic carbocycles. The van der Waals surface area contributed by atoms with E-state index in [1.807, 2.05) is 18.2 Å². The molecular formula is C22H25ClN2O3S. The van der Waals surface area contributed by atoms with Crippen LogP contribution in [0.25, 0.3) is 0 Å². The van der Waals surface area contributed by atoms with Crippen LogP contribution in [0.2, 0.25) is 5.02 Å². The maximum absolute atomic E-state index is 12.7. The van der Waals surface area contributed by atoms with Crippen molar-refractivity contribution in [3.63, 3.8) is 0 Å². The molecule has 1 aliphatic rings. The van der Waals surface area contributed by atoms with Crippen LogP contribution >= 0.6 is 11.6 Å². The summed E-state index contributed by atoms with van der Waals surface area (Å²) in [4.78, 5) is 0.299. The Hall–Kier alpha value is -2.07. The molecular weight excluding hydrogens is 408 g/mol. The van der Waals surface area contributed by atoms with Gasteiger partial charge in [-0.25, -0.2) is 13.1 Å². The minimum absolute atomic E-state index is 0.00471. The first kappa shape index (κ1) is 21.6. The van der Waals surface area contributed by atoms with Crippen LogP contribution in [0.15, 0.2) is 47.4 Å². The van der Waals surface area contributed by atoms with Crippen molar-refractivity contribution in [1.82, 2.24) is 4.72 Å². The van der Waals surface area contributed by atoms with Gasteiger partial charge in [-0.3, -0.25) is 0 Å². The Morgan fingerprint density at radius 3 is 2.31 bits per heavy atom. The number of hydrogen-bond donors (Lipinski definition) is 1. The van der Waals surface area contributed by atoms with E-state index in [4.69, 9.17) is 21.6 Å². The van der Waals surface area contributed by atoms with Crippen molar-refractivity contribution in [2.75, 3.05) is 0 Å². The third-order valence-electron chi connectivity index (χ3n) is 5.22. The number of nitriles is 1. The molecule has 0 aliphatic heterocycles. The van der Waals surface area contributed by atoms with E-state index in [1.54, 1.807) is 30.3 Å². The van der Waals surface area contributed by atoms with E-state index in [9.17, 15) is 8.42 Å². The molecule has 154 valence electrons. The lowest BCUT2D eigenvalue weighted by molar-refractivity contribution is 0.144. The van der Waals surface area contributed by atoms with Crippen LogP contribution < -0.4 is 9.46 Å². The third kappa shape index (κ3) is 5.51. The zero-order valence-electron chi connectivity index (χ0n) is 16.6. The molecule has 1 saturated carbocycles. The average molecular weight is 433 g/mol. The third-order valence-corrected chi connectivity index (χ3v) is 7.07. The van der Waals surface area contributed by atoms with E-state index in [2.05, 4.69) is 18.6 Å². The van der Waals surface area contributed by atoms with Crippen LogP contribution in [0.4, 0.5) is 0 Å². The molecule has 0 bridgehead atoms. The Labute approximate surface area is 177 Å². The summed E-state index contributed by atoms with van der Waals surface area (Å²) in [6.45, 7) is 4.15. The molecule has 0 amide bonds. The van der Waals surface area contributed by atoms with Gasteiger partial charge in [0.2, 0.25) is 10.0 Å². The Balaban J connectivity index is 1.55. The fraction of sp³-hybridized carbons (Fsp3) is 0.409. The van der Waals surface area contributed by atoms with Crippen molar-refractivity contribution in [3.05, 3.63) is 58.6 Å². The van der Waals surface area contributed by atoms with Crippen molar-refractivity contribution >= 4 is 21.6 Å². The molecule has 0 saturated heterocycles. The SMILES string of the molecule is CC(C)c1ccc(S(=O)(=O)NC2CCC(Oc3ccc(C#N)c(Cl)c3)CC2)cc1. The summed E-state index contributed by atoms with van der Waals surface area (Å²) in [5, 5.41) is 9.31. The predicted octanol–water partition coefficient (Wildman–Crippen LogP) is 5.00. The van der Waals surface area contributed by atoms with Gasteiger partial charge in [-0.05, 0) is 61.4 Å². The molecule has 5 nitrogen and oxygen atoms in total. The Kier molecular flexibility index (Phi) is 6.84. The molecule has 1 N–H and O–H groups in total.